The Balaban J connectivity index is 1.97. The number of rotatable bonds is 3. The number of hydrogen-bond acceptors (Lipinski definition) is 4. The van der Waals surface area contributed by atoms with E-state index >= 15 is 0 Å². The maximum Gasteiger partial charge on any atom is 0.306 e. The molecule has 1 fully saturated rings. The minimum absolute atomic E-state index is 0.205. The molecule has 1 aromatic heterocycles. The average Bonchev–Trinajstić information content (AvgIpc) is 2.70. The molecule has 0 saturated heterocycles. The standard InChI is InChI=1S/C11H15N3O2/c1-7-10(13-5-4-12-7)14-9-3-2-8(6-9)11(15)16/h4-5,8-9H,2-3,6H2,1H3,(H,13,14)(H,15,16). The SMILES string of the molecule is Cc1nccnc1NC1CCC(C(=O)O)C1. The molecule has 2 unspecified atom stereocenters. The van der Waals surface area contributed by atoms with Crippen LogP contribution in [0.15, 0.2) is 12.4 Å². The fourth-order valence-electron chi connectivity index (χ4n) is 2.08. The lowest BCUT2D eigenvalue weighted by atomic mass is 10.1. The molecule has 0 aromatic carbocycles. The molecule has 0 spiro atoms. The van der Waals surface area contributed by atoms with Crippen molar-refractivity contribution in [1.29, 1.82) is 0 Å². The smallest absolute Gasteiger partial charge is 0.306 e. The second kappa shape index (κ2) is 4.47. The molecule has 2 N–H and O–H groups in total. The van der Waals surface area contributed by atoms with Gasteiger partial charge in [0, 0.05) is 18.4 Å². The highest BCUT2D eigenvalue weighted by Crippen LogP contribution is 2.28. The van der Waals surface area contributed by atoms with E-state index in [-0.39, 0.29) is 12.0 Å². The fourth-order valence-corrected chi connectivity index (χ4v) is 2.08. The monoisotopic (exact) mass is 221 g/mol. The summed E-state index contributed by atoms with van der Waals surface area (Å²) in [5, 5.41) is 12.2. The molecule has 0 amide bonds. The van der Waals surface area contributed by atoms with E-state index in [2.05, 4.69) is 15.3 Å². The summed E-state index contributed by atoms with van der Waals surface area (Å²) in [5.74, 6) is -0.145. The molecule has 0 radical (unpaired) electrons. The molecule has 5 heteroatoms. The molecule has 1 aliphatic carbocycles. The van der Waals surface area contributed by atoms with Crippen LogP contribution in [0.3, 0.4) is 0 Å². The number of aryl methyl sites for hydroxylation is 1. The summed E-state index contributed by atoms with van der Waals surface area (Å²) < 4.78 is 0. The second-order valence-corrected chi connectivity index (χ2v) is 4.18. The van der Waals surface area contributed by atoms with Crippen molar-refractivity contribution in [2.24, 2.45) is 5.92 Å². The van der Waals surface area contributed by atoms with Gasteiger partial charge in [-0.05, 0) is 26.2 Å². The lowest BCUT2D eigenvalue weighted by Gasteiger charge is -2.13. The van der Waals surface area contributed by atoms with Crippen molar-refractivity contribution in [1.82, 2.24) is 9.97 Å². The van der Waals surface area contributed by atoms with E-state index in [1.54, 1.807) is 12.4 Å². The van der Waals surface area contributed by atoms with Crippen LogP contribution < -0.4 is 5.32 Å². The Kier molecular flexibility index (Phi) is 3.03. The van der Waals surface area contributed by atoms with Crippen LogP contribution in [0.2, 0.25) is 0 Å². The van der Waals surface area contributed by atoms with Crippen molar-refractivity contribution in [3.05, 3.63) is 18.1 Å². The molecule has 0 aliphatic heterocycles. The zero-order valence-corrected chi connectivity index (χ0v) is 9.18. The van der Waals surface area contributed by atoms with E-state index in [1.807, 2.05) is 6.92 Å². The predicted octanol–water partition coefficient (Wildman–Crippen LogP) is 1.45. The number of carboxylic acid groups (broad SMARTS) is 1. The van der Waals surface area contributed by atoms with E-state index in [0.717, 1.165) is 24.4 Å². The number of aliphatic carboxylic acids is 1. The van der Waals surface area contributed by atoms with Crippen molar-refractivity contribution in [2.75, 3.05) is 5.32 Å². The van der Waals surface area contributed by atoms with E-state index in [0.29, 0.717) is 6.42 Å². The maximum atomic E-state index is 10.8. The highest BCUT2D eigenvalue weighted by atomic mass is 16.4. The number of carboxylic acids is 1. The summed E-state index contributed by atoms with van der Waals surface area (Å²) in [5.41, 5.74) is 0.848. The number of carbonyl (C=O) groups is 1. The first kappa shape index (κ1) is 10.9. The summed E-state index contributed by atoms with van der Waals surface area (Å²) in [6.07, 6.45) is 5.58. The maximum absolute atomic E-state index is 10.8. The predicted molar refractivity (Wildman–Crippen MR) is 59.2 cm³/mol. The molecular weight excluding hydrogens is 206 g/mol. The molecule has 86 valence electrons. The van der Waals surface area contributed by atoms with Gasteiger partial charge in [-0.25, -0.2) is 4.98 Å². The Morgan fingerprint density at radius 3 is 2.81 bits per heavy atom. The zero-order valence-electron chi connectivity index (χ0n) is 9.18. The van der Waals surface area contributed by atoms with Crippen molar-refractivity contribution >= 4 is 11.8 Å². The Bertz CT molecular complexity index is 395. The number of aromatic nitrogens is 2. The van der Waals surface area contributed by atoms with Gasteiger partial charge in [-0.3, -0.25) is 9.78 Å². The van der Waals surface area contributed by atoms with E-state index in [1.165, 1.54) is 0 Å². The molecule has 2 rings (SSSR count). The van der Waals surface area contributed by atoms with Crippen LogP contribution in [0.1, 0.15) is 25.0 Å². The van der Waals surface area contributed by atoms with Gasteiger partial charge in [0.15, 0.2) is 0 Å². The minimum atomic E-state index is -0.694. The number of nitrogens with zero attached hydrogens (tertiary/aromatic N) is 2. The van der Waals surface area contributed by atoms with Crippen LogP contribution in [0.25, 0.3) is 0 Å². The molecule has 2 atom stereocenters. The molecule has 5 nitrogen and oxygen atoms in total. The molecule has 1 aliphatic rings. The van der Waals surface area contributed by atoms with Gasteiger partial charge >= 0.3 is 5.97 Å². The third-order valence-corrected chi connectivity index (χ3v) is 3.00. The van der Waals surface area contributed by atoms with Gasteiger partial charge in [-0.15, -0.1) is 0 Å². The van der Waals surface area contributed by atoms with Crippen LogP contribution in [-0.2, 0) is 4.79 Å². The Morgan fingerprint density at radius 2 is 2.19 bits per heavy atom. The largest absolute Gasteiger partial charge is 0.481 e. The summed E-state index contributed by atoms with van der Waals surface area (Å²) in [6.45, 7) is 1.89. The van der Waals surface area contributed by atoms with E-state index in [9.17, 15) is 4.79 Å². The minimum Gasteiger partial charge on any atom is -0.481 e. The molecule has 1 aromatic rings. The van der Waals surface area contributed by atoms with Crippen LogP contribution in [0.5, 0.6) is 0 Å². The number of hydrogen-bond donors (Lipinski definition) is 2. The van der Waals surface area contributed by atoms with Crippen LogP contribution in [-0.4, -0.2) is 27.1 Å². The average molecular weight is 221 g/mol. The fraction of sp³-hybridized carbons (Fsp3) is 0.545. The molecule has 0 bridgehead atoms. The van der Waals surface area contributed by atoms with E-state index in [4.69, 9.17) is 5.11 Å². The first-order valence-electron chi connectivity index (χ1n) is 5.44. The Hall–Kier alpha value is -1.65. The van der Waals surface area contributed by atoms with Gasteiger partial charge < -0.3 is 10.4 Å². The van der Waals surface area contributed by atoms with Gasteiger partial charge in [-0.1, -0.05) is 0 Å². The lowest BCUT2D eigenvalue weighted by molar-refractivity contribution is -0.141. The Labute approximate surface area is 93.9 Å². The van der Waals surface area contributed by atoms with Crippen LogP contribution >= 0.6 is 0 Å². The van der Waals surface area contributed by atoms with E-state index < -0.39 is 5.97 Å². The van der Waals surface area contributed by atoms with Crippen molar-refractivity contribution < 1.29 is 9.90 Å². The van der Waals surface area contributed by atoms with Gasteiger partial charge in [0.25, 0.3) is 0 Å². The normalized spacial score (nSPS) is 24.3. The van der Waals surface area contributed by atoms with Crippen molar-refractivity contribution in [3.63, 3.8) is 0 Å². The number of anilines is 1. The van der Waals surface area contributed by atoms with Crippen LogP contribution in [0.4, 0.5) is 5.82 Å². The third kappa shape index (κ3) is 2.29. The highest BCUT2D eigenvalue weighted by molar-refractivity contribution is 5.70. The van der Waals surface area contributed by atoms with Gasteiger partial charge in [-0.2, -0.15) is 0 Å². The summed E-state index contributed by atoms with van der Waals surface area (Å²) in [7, 11) is 0. The summed E-state index contributed by atoms with van der Waals surface area (Å²) >= 11 is 0. The van der Waals surface area contributed by atoms with Crippen LogP contribution in [0, 0.1) is 12.8 Å². The molecular formula is C11H15N3O2. The topological polar surface area (TPSA) is 75.1 Å². The van der Waals surface area contributed by atoms with Crippen molar-refractivity contribution in [3.8, 4) is 0 Å². The Morgan fingerprint density at radius 1 is 1.44 bits per heavy atom. The lowest BCUT2D eigenvalue weighted by Crippen LogP contribution is -2.19. The van der Waals surface area contributed by atoms with Gasteiger partial charge in [0.05, 0.1) is 11.6 Å². The summed E-state index contributed by atoms with van der Waals surface area (Å²) in [4.78, 5) is 19.1. The first-order chi connectivity index (χ1) is 7.66. The second-order valence-electron chi connectivity index (χ2n) is 4.18. The summed E-state index contributed by atoms with van der Waals surface area (Å²) in [6, 6.07) is 0.205. The molecule has 16 heavy (non-hydrogen) atoms. The van der Waals surface area contributed by atoms with Gasteiger partial charge in [0.1, 0.15) is 5.82 Å². The zero-order chi connectivity index (χ0) is 11.5. The highest BCUT2D eigenvalue weighted by Gasteiger charge is 2.29. The third-order valence-electron chi connectivity index (χ3n) is 3.00. The van der Waals surface area contributed by atoms with Gasteiger partial charge in [0.2, 0.25) is 0 Å². The van der Waals surface area contributed by atoms with Crippen molar-refractivity contribution in [2.45, 2.75) is 32.2 Å². The molecule has 1 saturated carbocycles. The molecule has 1 heterocycles. The quantitative estimate of drug-likeness (QED) is 0.808. The first-order valence-corrected chi connectivity index (χ1v) is 5.44. The number of nitrogens with one attached hydrogen (secondary N) is 1.